The van der Waals surface area contributed by atoms with E-state index in [0.717, 1.165) is 44.1 Å². The van der Waals surface area contributed by atoms with Crippen molar-refractivity contribution in [3.8, 4) is 23.0 Å². The van der Waals surface area contributed by atoms with E-state index in [1.807, 2.05) is 12.1 Å². The van der Waals surface area contributed by atoms with Crippen molar-refractivity contribution in [3.05, 3.63) is 42.0 Å². The molecule has 328 valence electrons. The third kappa shape index (κ3) is 26.3. The largest absolute Gasteiger partial charge is 0.490 e. The molecular weight excluding hydrogens is 733 g/mol. The molecule has 8 heteroatoms. The normalized spacial score (nSPS) is 11.6. The fraction of sp³-hybridized carbons (Fsp3) is 0.755. The average Bonchev–Trinajstić information content (AvgIpc) is 3.20. The molecule has 0 amide bonds. The van der Waals surface area contributed by atoms with Gasteiger partial charge in [-0.3, -0.25) is 4.55 Å². The maximum absolute atomic E-state index is 11.5. The van der Waals surface area contributed by atoms with Crippen LogP contribution in [0.25, 0.3) is 0 Å². The number of hydrogen-bond donors (Lipinski definition) is 1. The van der Waals surface area contributed by atoms with Crippen molar-refractivity contribution >= 4 is 10.1 Å². The van der Waals surface area contributed by atoms with Crippen LogP contribution in [0.3, 0.4) is 0 Å². The lowest BCUT2D eigenvalue weighted by Crippen LogP contribution is -2.08. The standard InChI is InChI=1S/C49H84O7S/c1-4-7-10-13-16-19-22-25-28-31-38-53-47-41-44(43-56-45-34-36-46(37-35-45)57(50,51)52)42-48(54-39-32-29-26-23-20-17-14-11-8-5-2)49(47)55-40-33-30-27-24-21-18-15-12-9-6-3/h34-37,41-42H,4-33,38-40,43H2,1-3H3,(H,50,51,52). The first kappa shape index (κ1) is 50.7. The van der Waals surface area contributed by atoms with Crippen molar-refractivity contribution in [1.82, 2.24) is 0 Å². The second-order valence-electron chi connectivity index (χ2n) is 16.2. The van der Waals surface area contributed by atoms with E-state index in [9.17, 15) is 13.0 Å². The second-order valence-corrected chi connectivity index (χ2v) is 17.7. The van der Waals surface area contributed by atoms with Gasteiger partial charge >= 0.3 is 0 Å². The van der Waals surface area contributed by atoms with E-state index in [-0.39, 0.29) is 11.5 Å². The highest BCUT2D eigenvalue weighted by Gasteiger charge is 2.17. The highest BCUT2D eigenvalue weighted by atomic mass is 32.2. The van der Waals surface area contributed by atoms with Gasteiger partial charge in [-0.2, -0.15) is 8.42 Å². The van der Waals surface area contributed by atoms with Gasteiger partial charge in [0.25, 0.3) is 10.1 Å². The predicted octanol–water partition coefficient (Wildman–Crippen LogP) is 15.4. The molecule has 1 N–H and O–H groups in total. The molecule has 0 aliphatic heterocycles. The molecule has 0 saturated heterocycles. The fourth-order valence-corrected chi connectivity index (χ4v) is 7.73. The van der Waals surface area contributed by atoms with Gasteiger partial charge in [-0.15, -0.1) is 0 Å². The van der Waals surface area contributed by atoms with E-state index >= 15 is 0 Å². The lowest BCUT2D eigenvalue weighted by Gasteiger charge is -2.19. The van der Waals surface area contributed by atoms with Gasteiger partial charge in [0.05, 0.1) is 24.7 Å². The summed E-state index contributed by atoms with van der Waals surface area (Å²) in [5.41, 5.74) is 0.885. The Labute approximate surface area is 350 Å². The van der Waals surface area contributed by atoms with E-state index in [2.05, 4.69) is 20.8 Å². The SMILES string of the molecule is CCCCCCCCCCCCOc1cc(COc2ccc(S(=O)(=O)O)cc2)cc(OCCCCCCCCCCCC)c1OCCCCCCCCCCCC. The Bertz CT molecular complexity index is 1280. The van der Waals surface area contributed by atoms with Crippen molar-refractivity contribution in [2.24, 2.45) is 0 Å². The number of ether oxygens (including phenoxy) is 4. The second kappa shape index (κ2) is 34.4. The summed E-state index contributed by atoms with van der Waals surface area (Å²) >= 11 is 0. The van der Waals surface area contributed by atoms with Crippen LogP contribution in [0.4, 0.5) is 0 Å². The molecular formula is C49H84O7S. The topological polar surface area (TPSA) is 91.3 Å². The molecule has 0 spiro atoms. The van der Waals surface area contributed by atoms with Gasteiger partial charge in [-0.05, 0) is 61.2 Å². The van der Waals surface area contributed by atoms with E-state index in [0.29, 0.717) is 42.8 Å². The molecule has 2 rings (SSSR count). The van der Waals surface area contributed by atoms with E-state index in [1.54, 1.807) is 12.1 Å². The highest BCUT2D eigenvalue weighted by molar-refractivity contribution is 7.85. The van der Waals surface area contributed by atoms with E-state index in [1.165, 1.54) is 166 Å². The van der Waals surface area contributed by atoms with Crippen LogP contribution in [0, 0.1) is 0 Å². The molecule has 0 aliphatic carbocycles. The van der Waals surface area contributed by atoms with Gasteiger partial charge in [0.15, 0.2) is 11.5 Å². The molecule has 7 nitrogen and oxygen atoms in total. The third-order valence-corrected chi connectivity index (χ3v) is 11.7. The van der Waals surface area contributed by atoms with Crippen molar-refractivity contribution in [3.63, 3.8) is 0 Å². The zero-order chi connectivity index (χ0) is 41.1. The Morgan fingerprint density at radius 3 is 1.07 bits per heavy atom. The first-order valence-electron chi connectivity index (χ1n) is 23.6. The van der Waals surface area contributed by atoms with Crippen LogP contribution in [-0.4, -0.2) is 32.8 Å². The summed E-state index contributed by atoms with van der Waals surface area (Å²) in [4.78, 5) is -0.163. The van der Waals surface area contributed by atoms with Crippen LogP contribution in [0.2, 0.25) is 0 Å². The van der Waals surface area contributed by atoms with Gasteiger partial charge in [0, 0.05) is 0 Å². The quantitative estimate of drug-likeness (QED) is 0.0529. The van der Waals surface area contributed by atoms with Crippen molar-refractivity contribution in [2.75, 3.05) is 19.8 Å². The molecule has 0 unspecified atom stereocenters. The van der Waals surface area contributed by atoms with E-state index in [4.69, 9.17) is 18.9 Å². The third-order valence-electron chi connectivity index (χ3n) is 10.9. The highest BCUT2D eigenvalue weighted by Crippen LogP contribution is 2.40. The zero-order valence-electron chi connectivity index (χ0n) is 36.8. The molecule has 0 aliphatic rings. The first-order chi connectivity index (χ1) is 27.9. The Hall–Kier alpha value is -2.45. The first-order valence-corrected chi connectivity index (χ1v) is 25.1. The Morgan fingerprint density at radius 1 is 0.421 bits per heavy atom. The summed E-state index contributed by atoms with van der Waals surface area (Å²) in [5, 5.41) is 0. The molecule has 0 bridgehead atoms. The molecule has 0 saturated carbocycles. The summed E-state index contributed by atoms with van der Waals surface area (Å²) in [7, 11) is -4.27. The van der Waals surface area contributed by atoms with Crippen LogP contribution in [-0.2, 0) is 16.7 Å². The summed E-state index contributed by atoms with van der Waals surface area (Å²) < 4.78 is 58.1. The average molecular weight is 817 g/mol. The van der Waals surface area contributed by atoms with Crippen molar-refractivity contribution < 1.29 is 31.9 Å². The monoisotopic (exact) mass is 817 g/mol. The lowest BCUT2D eigenvalue weighted by molar-refractivity contribution is 0.232. The predicted molar refractivity (Wildman–Crippen MR) is 239 cm³/mol. The van der Waals surface area contributed by atoms with E-state index < -0.39 is 10.1 Å². The molecule has 0 aromatic heterocycles. The minimum absolute atomic E-state index is 0.163. The van der Waals surface area contributed by atoms with Gasteiger partial charge in [-0.25, -0.2) is 0 Å². The van der Waals surface area contributed by atoms with Gasteiger partial charge in [0.2, 0.25) is 5.75 Å². The number of unbranched alkanes of at least 4 members (excludes halogenated alkanes) is 27. The minimum atomic E-state index is -4.27. The Morgan fingerprint density at radius 2 is 0.737 bits per heavy atom. The maximum atomic E-state index is 11.5. The fourth-order valence-electron chi connectivity index (χ4n) is 7.25. The van der Waals surface area contributed by atoms with Crippen molar-refractivity contribution in [2.45, 2.75) is 225 Å². The molecule has 2 aromatic carbocycles. The molecule has 0 fully saturated rings. The summed E-state index contributed by atoms with van der Waals surface area (Å²) in [6, 6.07) is 9.80. The molecule has 2 aromatic rings. The molecule has 0 heterocycles. The number of rotatable bonds is 40. The van der Waals surface area contributed by atoms with Crippen LogP contribution in [0.5, 0.6) is 23.0 Å². The van der Waals surface area contributed by atoms with Gasteiger partial charge in [0.1, 0.15) is 12.4 Å². The summed E-state index contributed by atoms with van der Waals surface area (Å²) in [6.07, 6.45) is 38.1. The number of hydrogen-bond acceptors (Lipinski definition) is 6. The minimum Gasteiger partial charge on any atom is -0.490 e. The van der Waals surface area contributed by atoms with Crippen LogP contribution >= 0.6 is 0 Å². The Kier molecular flexibility index (Phi) is 30.6. The van der Waals surface area contributed by atoms with Crippen LogP contribution in [0.1, 0.15) is 219 Å². The lowest BCUT2D eigenvalue weighted by atomic mass is 10.1. The van der Waals surface area contributed by atoms with Crippen molar-refractivity contribution in [1.29, 1.82) is 0 Å². The number of benzene rings is 2. The summed E-state index contributed by atoms with van der Waals surface area (Å²) in [6.45, 7) is 8.90. The molecule has 0 atom stereocenters. The van der Waals surface area contributed by atoms with Gasteiger partial charge < -0.3 is 18.9 Å². The molecule has 0 radical (unpaired) electrons. The van der Waals surface area contributed by atoms with Crippen LogP contribution < -0.4 is 18.9 Å². The zero-order valence-corrected chi connectivity index (χ0v) is 37.6. The Balaban J connectivity index is 2.06. The van der Waals surface area contributed by atoms with Gasteiger partial charge in [-0.1, -0.05) is 194 Å². The van der Waals surface area contributed by atoms with Crippen LogP contribution in [0.15, 0.2) is 41.3 Å². The smallest absolute Gasteiger partial charge is 0.294 e. The molecule has 57 heavy (non-hydrogen) atoms. The summed E-state index contributed by atoms with van der Waals surface area (Å²) in [5.74, 6) is 2.58. The maximum Gasteiger partial charge on any atom is 0.294 e.